The number of carbonyl (C=O) groups is 1. The van der Waals surface area contributed by atoms with Crippen LogP contribution in [-0.4, -0.2) is 73.3 Å². The molecule has 8 nitrogen and oxygen atoms in total. The molecule has 1 amide bonds. The van der Waals surface area contributed by atoms with Gasteiger partial charge in [0.15, 0.2) is 5.58 Å². The molecule has 0 aliphatic carbocycles. The molecule has 1 aromatic carbocycles. The SMILES string of the molecule is CN(C)S(=O)(=O)N1CCN(C(=O)Cc2noc3ccccc23)CC1. The standard InChI is InChI=1S/C15H20N4O4S/c1-17(2)24(21,22)19-9-7-18(8-10-19)15(20)11-13-12-5-3-4-6-14(12)23-16-13/h3-6H,7-11H2,1-2H3. The van der Waals surface area contributed by atoms with Crippen LogP contribution in [0.15, 0.2) is 28.8 Å². The lowest BCUT2D eigenvalue weighted by molar-refractivity contribution is -0.131. The molecule has 1 aliphatic heterocycles. The van der Waals surface area contributed by atoms with E-state index in [1.165, 1.54) is 22.7 Å². The molecule has 3 rings (SSSR count). The second-order valence-corrected chi connectivity index (χ2v) is 8.01. The van der Waals surface area contributed by atoms with Gasteiger partial charge in [-0.05, 0) is 12.1 Å². The molecule has 130 valence electrons. The number of piperazine rings is 1. The number of hydrogen-bond acceptors (Lipinski definition) is 5. The fourth-order valence-electron chi connectivity index (χ4n) is 2.72. The van der Waals surface area contributed by atoms with Gasteiger partial charge in [-0.3, -0.25) is 4.79 Å². The van der Waals surface area contributed by atoms with Gasteiger partial charge in [0.2, 0.25) is 5.91 Å². The van der Waals surface area contributed by atoms with Gasteiger partial charge >= 0.3 is 0 Å². The second-order valence-electron chi connectivity index (χ2n) is 5.87. The van der Waals surface area contributed by atoms with Gasteiger partial charge in [-0.15, -0.1) is 0 Å². The van der Waals surface area contributed by atoms with E-state index in [0.717, 1.165) is 5.39 Å². The fraction of sp³-hybridized carbons (Fsp3) is 0.467. The van der Waals surface area contributed by atoms with Gasteiger partial charge in [0, 0.05) is 45.7 Å². The molecule has 1 aromatic heterocycles. The Balaban J connectivity index is 1.64. The van der Waals surface area contributed by atoms with Crippen LogP contribution in [0.1, 0.15) is 5.69 Å². The number of hydrogen-bond donors (Lipinski definition) is 0. The Bertz CT molecular complexity index is 838. The molecule has 1 fully saturated rings. The van der Waals surface area contributed by atoms with Crippen molar-refractivity contribution in [3.63, 3.8) is 0 Å². The number of nitrogens with zero attached hydrogens (tertiary/aromatic N) is 4. The molecule has 0 unspecified atom stereocenters. The molecule has 2 heterocycles. The number of rotatable bonds is 4. The second kappa shape index (κ2) is 6.50. The maximum Gasteiger partial charge on any atom is 0.281 e. The topological polar surface area (TPSA) is 87.0 Å². The van der Waals surface area contributed by atoms with Crippen molar-refractivity contribution in [1.82, 2.24) is 18.7 Å². The van der Waals surface area contributed by atoms with Crippen LogP contribution in [0.5, 0.6) is 0 Å². The predicted molar refractivity (Wildman–Crippen MR) is 88.5 cm³/mol. The highest BCUT2D eigenvalue weighted by molar-refractivity contribution is 7.86. The van der Waals surface area contributed by atoms with Gasteiger partial charge in [-0.25, -0.2) is 0 Å². The Morgan fingerprint density at radius 1 is 1.21 bits per heavy atom. The lowest BCUT2D eigenvalue weighted by atomic mass is 10.1. The summed E-state index contributed by atoms with van der Waals surface area (Å²) in [6.07, 6.45) is 0.150. The number of para-hydroxylation sites is 1. The Morgan fingerprint density at radius 3 is 2.54 bits per heavy atom. The van der Waals surface area contributed by atoms with Crippen LogP contribution >= 0.6 is 0 Å². The molecular weight excluding hydrogens is 332 g/mol. The minimum atomic E-state index is -3.43. The van der Waals surface area contributed by atoms with Gasteiger partial charge in [0.25, 0.3) is 10.2 Å². The number of fused-ring (bicyclic) bond motifs is 1. The van der Waals surface area contributed by atoms with Crippen LogP contribution in [-0.2, 0) is 21.4 Å². The maximum absolute atomic E-state index is 12.5. The molecule has 0 bridgehead atoms. The first kappa shape index (κ1) is 16.9. The lowest BCUT2D eigenvalue weighted by Gasteiger charge is -2.35. The summed E-state index contributed by atoms with van der Waals surface area (Å²) in [7, 11) is -0.421. The average molecular weight is 352 g/mol. The zero-order chi connectivity index (χ0) is 17.3. The van der Waals surface area contributed by atoms with Gasteiger partial charge in [0.05, 0.1) is 6.42 Å². The van der Waals surface area contributed by atoms with E-state index in [2.05, 4.69) is 5.16 Å². The van der Waals surface area contributed by atoms with Crippen molar-refractivity contribution in [2.75, 3.05) is 40.3 Å². The third-order valence-corrected chi connectivity index (χ3v) is 6.09. The van der Waals surface area contributed by atoms with E-state index in [-0.39, 0.29) is 12.3 Å². The first-order chi connectivity index (χ1) is 11.4. The van der Waals surface area contributed by atoms with Crippen LogP contribution in [0.4, 0.5) is 0 Å². The summed E-state index contributed by atoms with van der Waals surface area (Å²) in [5.74, 6) is -0.0732. The Labute approximate surface area is 140 Å². The van der Waals surface area contributed by atoms with Gasteiger partial charge in [-0.2, -0.15) is 17.0 Å². The molecule has 9 heteroatoms. The number of aromatic nitrogens is 1. The first-order valence-electron chi connectivity index (χ1n) is 7.68. The summed E-state index contributed by atoms with van der Waals surface area (Å²) in [5, 5.41) is 4.81. The minimum Gasteiger partial charge on any atom is -0.356 e. The molecule has 0 atom stereocenters. The van der Waals surface area contributed by atoms with E-state index >= 15 is 0 Å². The van der Waals surface area contributed by atoms with E-state index in [1.807, 2.05) is 18.2 Å². The van der Waals surface area contributed by atoms with Crippen LogP contribution < -0.4 is 0 Å². The summed E-state index contributed by atoms with van der Waals surface area (Å²) in [6, 6.07) is 7.40. The predicted octanol–water partition coefficient (Wildman–Crippen LogP) is 0.321. The molecular formula is C15H20N4O4S. The average Bonchev–Trinajstić information content (AvgIpc) is 2.98. The van der Waals surface area contributed by atoms with Crippen molar-refractivity contribution in [3.8, 4) is 0 Å². The number of amides is 1. The molecule has 24 heavy (non-hydrogen) atoms. The van der Waals surface area contributed by atoms with Crippen molar-refractivity contribution in [2.24, 2.45) is 0 Å². The highest BCUT2D eigenvalue weighted by atomic mass is 32.2. The van der Waals surface area contributed by atoms with E-state index in [0.29, 0.717) is 37.5 Å². The molecule has 0 saturated carbocycles. The molecule has 2 aromatic rings. The number of carbonyl (C=O) groups excluding carboxylic acids is 1. The summed E-state index contributed by atoms with van der Waals surface area (Å²) < 4.78 is 32.0. The molecule has 1 aliphatic rings. The Kier molecular flexibility index (Phi) is 4.57. The van der Waals surface area contributed by atoms with Crippen molar-refractivity contribution >= 4 is 27.1 Å². The monoisotopic (exact) mass is 352 g/mol. The van der Waals surface area contributed by atoms with Crippen molar-refractivity contribution in [2.45, 2.75) is 6.42 Å². The first-order valence-corrected chi connectivity index (χ1v) is 9.08. The summed E-state index contributed by atoms with van der Waals surface area (Å²) >= 11 is 0. The van der Waals surface area contributed by atoms with E-state index < -0.39 is 10.2 Å². The van der Waals surface area contributed by atoms with Crippen LogP contribution in [0, 0.1) is 0 Å². The molecule has 1 saturated heterocycles. The van der Waals surface area contributed by atoms with Crippen LogP contribution in [0.3, 0.4) is 0 Å². The van der Waals surface area contributed by atoms with E-state index in [4.69, 9.17) is 4.52 Å². The van der Waals surface area contributed by atoms with E-state index in [1.54, 1.807) is 11.0 Å². The summed E-state index contributed by atoms with van der Waals surface area (Å²) in [5.41, 5.74) is 1.26. The maximum atomic E-state index is 12.5. The van der Waals surface area contributed by atoms with Gasteiger partial charge in [0.1, 0.15) is 5.69 Å². The zero-order valence-corrected chi connectivity index (χ0v) is 14.5. The fourth-order valence-corrected chi connectivity index (χ4v) is 3.81. The number of benzene rings is 1. The van der Waals surface area contributed by atoms with E-state index in [9.17, 15) is 13.2 Å². The molecule has 0 N–H and O–H groups in total. The van der Waals surface area contributed by atoms with Crippen molar-refractivity contribution < 1.29 is 17.7 Å². The lowest BCUT2D eigenvalue weighted by Crippen LogP contribution is -2.53. The zero-order valence-electron chi connectivity index (χ0n) is 13.7. The summed E-state index contributed by atoms with van der Waals surface area (Å²) in [6.45, 7) is 1.35. The van der Waals surface area contributed by atoms with Crippen LogP contribution in [0.25, 0.3) is 11.0 Å². The minimum absolute atomic E-state index is 0.0732. The Morgan fingerprint density at radius 2 is 1.88 bits per heavy atom. The quantitative estimate of drug-likeness (QED) is 0.791. The van der Waals surface area contributed by atoms with Gasteiger partial charge in [-0.1, -0.05) is 17.3 Å². The largest absolute Gasteiger partial charge is 0.356 e. The summed E-state index contributed by atoms with van der Waals surface area (Å²) in [4.78, 5) is 14.1. The highest BCUT2D eigenvalue weighted by Gasteiger charge is 2.30. The van der Waals surface area contributed by atoms with Crippen LogP contribution in [0.2, 0.25) is 0 Å². The van der Waals surface area contributed by atoms with Crippen molar-refractivity contribution in [1.29, 1.82) is 0 Å². The highest BCUT2D eigenvalue weighted by Crippen LogP contribution is 2.19. The Hall–Kier alpha value is -1.97. The van der Waals surface area contributed by atoms with Crippen molar-refractivity contribution in [3.05, 3.63) is 30.0 Å². The third-order valence-electron chi connectivity index (χ3n) is 4.15. The smallest absolute Gasteiger partial charge is 0.281 e. The van der Waals surface area contributed by atoms with Gasteiger partial charge < -0.3 is 9.42 Å². The normalized spacial score (nSPS) is 16.9. The third kappa shape index (κ3) is 3.14. The molecule has 0 radical (unpaired) electrons. The molecule has 0 spiro atoms.